The Labute approximate surface area is 90.3 Å². The molecule has 0 aliphatic rings. The van der Waals surface area contributed by atoms with Crippen LogP contribution in [0.25, 0.3) is 0 Å². The van der Waals surface area contributed by atoms with Crippen LogP contribution in [-0.2, 0) is 11.2 Å². The first-order valence-corrected chi connectivity index (χ1v) is 5.15. The van der Waals surface area contributed by atoms with Gasteiger partial charge in [-0.15, -0.1) is 0 Å². The number of rotatable bonds is 6. The number of aryl methyl sites for hydroxylation is 1. The van der Waals surface area contributed by atoms with Crippen LogP contribution in [0.1, 0.15) is 12.2 Å². The average Bonchev–Trinajstić information content (AvgIpc) is 2.75. The number of carbonyl (C=O) groups is 1. The van der Waals surface area contributed by atoms with Gasteiger partial charge >= 0.3 is 0 Å². The Morgan fingerprint density at radius 1 is 1.60 bits per heavy atom. The van der Waals surface area contributed by atoms with E-state index in [4.69, 9.17) is 4.42 Å². The lowest BCUT2D eigenvalue weighted by Gasteiger charge is -2.16. The number of nitrogens with one attached hydrogen (secondary N) is 1. The van der Waals surface area contributed by atoms with Gasteiger partial charge in [0.15, 0.2) is 0 Å². The van der Waals surface area contributed by atoms with Gasteiger partial charge in [-0.05, 0) is 19.2 Å². The van der Waals surface area contributed by atoms with Gasteiger partial charge in [-0.3, -0.25) is 4.79 Å². The van der Waals surface area contributed by atoms with E-state index in [9.17, 15) is 4.79 Å². The zero-order valence-corrected chi connectivity index (χ0v) is 9.32. The molecular formula is C11H18N2O2. The zero-order chi connectivity index (χ0) is 11.1. The highest BCUT2D eigenvalue weighted by Crippen LogP contribution is 2.04. The Hall–Kier alpha value is -1.29. The first kappa shape index (κ1) is 11.8. The average molecular weight is 210 g/mol. The van der Waals surface area contributed by atoms with Gasteiger partial charge in [0.05, 0.1) is 6.26 Å². The summed E-state index contributed by atoms with van der Waals surface area (Å²) in [5, 5.41) is 3.01. The molecule has 1 aromatic heterocycles. The van der Waals surface area contributed by atoms with Crippen molar-refractivity contribution in [2.45, 2.75) is 12.8 Å². The van der Waals surface area contributed by atoms with E-state index in [1.54, 1.807) is 11.2 Å². The summed E-state index contributed by atoms with van der Waals surface area (Å²) in [4.78, 5) is 13.3. The Kier molecular flexibility index (Phi) is 4.90. The molecule has 0 unspecified atom stereocenters. The molecule has 0 saturated heterocycles. The summed E-state index contributed by atoms with van der Waals surface area (Å²) in [5.74, 6) is 1.02. The van der Waals surface area contributed by atoms with Gasteiger partial charge in [0.1, 0.15) is 5.76 Å². The Bertz CT molecular complexity index is 283. The van der Waals surface area contributed by atoms with E-state index >= 15 is 0 Å². The van der Waals surface area contributed by atoms with Crippen LogP contribution < -0.4 is 5.32 Å². The molecular weight excluding hydrogens is 192 g/mol. The molecule has 4 heteroatoms. The van der Waals surface area contributed by atoms with Gasteiger partial charge in [-0.2, -0.15) is 0 Å². The summed E-state index contributed by atoms with van der Waals surface area (Å²) < 4.78 is 5.16. The van der Waals surface area contributed by atoms with Crippen molar-refractivity contribution >= 4 is 5.91 Å². The van der Waals surface area contributed by atoms with Crippen molar-refractivity contribution in [1.82, 2.24) is 10.2 Å². The molecule has 0 atom stereocenters. The molecule has 0 saturated carbocycles. The third-order valence-corrected chi connectivity index (χ3v) is 2.29. The van der Waals surface area contributed by atoms with Crippen LogP contribution >= 0.6 is 0 Å². The second-order valence-electron chi connectivity index (χ2n) is 3.50. The SMILES string of the molecule is CNCCN(C)C(=O)CCc1ccco1. The second kappa shape index (κ2) is 6.24. The minimum absolute atomic E-state index is 0.154. The second-order valence-corrected chi connectivity index (χ2v) is 3.50. The maximum absolute atomic E-state index is 11.6. The van der Waals surface area contributed by atoms with E-state index in [2.05, 4.69) is 5.32 Å². The quantitative estimate of drug-likeness (QED) is 0.758. The number of furan rings is 1. The molecule has 0 fully saturated rings. The standard InChI is InChI=1S/C11H18N2O2/c1-12-7-8-13(2)11(14)6-5-10-4-3-9-15-10/h3-4,9,12H,5-8H2,1-2H3. The number of hydrogen-bond acceptors (Lipinski definition) is 3. The number of amides is 1. The van der Waals surface area contributed by atoms with Crippen LogP contribution in [0.5, 0.6) is 0 Å². The largest absolute Gasteiger partial charge is 0.469 e. The zero-order valence-electron chi connectivity index (χ0n) is 9.32. The fourth-order valence-electron chi connectivity index (χ4n) is 1.28. The number of hydrogen-bond donors (Lipinski definition) is 1. The fraction of sp³-hybridized carbons (Fsp3) is 0.545. The molecule has 1 aromatic rings. The predicted molar refractivity (Wildman–Crippen MR) is 58.6 cm³/mol. The highest BCUT2D eigenvalue weighted by molar-refractivity contribution is 5.76. The molecule has 4 nitrogen and oxygen atoms in total. The lowest BCUT2D eigenvalue weighted by molar-refractivity contribution is -0.129. The Balaban J connectivity index is 2.23. The van der Waals surface area contributed by atoms with E-state index in [1.165, 1.54) is 0 Å². The Morgan fingerprint density at radius 3 is 3.00 bits per heavy atom. The lowest BCUT2D eigenvalue weighted by atomic mass is 10.2. The maximum Gasteiger partial charge on any atom is 0.222 e. The van der Waals surface area contributed by atoms with Gasteiger partial charge in [0, 0.05) is 33.0 Å². The summed E-state index contributed by atoms with van der Waals surface area (Å²) in [6, 6.07) is 3.73. The van der Waals surface area contributed by atoms with Crippen LogP contribution in [0.4, 0.5) is 0 Å². The third kappa shape index (κ3) is 4.16. The summed E-state index contributed by atoms with van der Waals surface area (Å²) in [5.41, 5.74) is 0. The normalized spacial score (nSPS) is 10.3. The van der Waals surface area contributed by atoms with Crippen molar-refractivity contribution in [3.8, 4) is 0 Å². The maximum atomic E-state index is 11.6. The minimum atomic E-state index is 0.154. The molecule has 1 amide bonds. The first-order valence-electron chi connectivity index (χ1n) is 5.15. The monoisotopic (exact) mass is 210 g/mol. The molecule has 0 aliphatic heterocycles. The number of likely N-dealkylation sites (N-methyl/N-ethyl adjacent to an activating group) is 2. The number of nitrogens with zero attached hydrogens (tertiary/aromatic N) is 1. The highest BCUT2D eigenvalue weighted by Gasteiger charge is 2.08. The van der Waals surface area contributed by atoms with Crippen molar-refractivity contribution in [3.05, 3.63) is 24.2 Å². The van der Waals surface area contributed by atoms with Crippen LogP contribution in [0, 0.1) is 0 Å². The van der Waals surface area contributed by atoms with Crippen LogP contribution in [0.2, 0.25) is 0 Å². The Morgan fingerprint density at radius 2 is 2.40 bits per heavy atom. The lowest BCUT2D eigenvalue weighted by Crippen LogP contribution is -2.32. The van der Waals surface area contributed by atoms with E-state index in [-0.39, 0.29) is 5.91 Å². The van der Waals surface area contributed by atoms with Crippen molar-refractivity contribution < 1.29 is 9.21 Å². The van der Waals surface area contributed by atoms with Crippen molar-refractivity contribution in [1.29, 1.82) is 0 Å². The van der Waals surface area contributed by atoms with Gasteiger partial charge in [-0.1, -0.05) is 0 Å². The molecule has 0 bridgehead atoms. The summed E-state index contributed by atoms with van der Waals surface area (Å²) in [6.45, 7) is 1.57. The van der Waals surface area contributed by atoms with Crippen LogP contribution in [0.15, 0.2) is 22.8 Å². The molecule has 0 spiro atoms. The highest BCUT2D eigenvalue weighted by atomic mass is 16.3. The molecule has 0 radical (unpaired) electrons. The molecule has 15 heavy (non-hydrogen) atoms. The van der Waals surface area contributed by atoms with E-state index in [0.29, 0.717) is 12.8 Å². The first-order chi connectivity index (χ1) is 7.24. The van der Waals surface area contributed by atoms with Crippen molar-refractivity contribution in [2.75, 3.05) is 27.2 Å². The molecule has 1 rings (SSSR count). The third-order valence-electron chi connectivity index (χ3n) is 2.29. The van der Waals surface area contributed by atoms with Gasteiger partial charge in [0.2, 0.25) is 5.91 Å². The smallest absolute Gasteiger partial charge is 0.222 e. The molecule has 0 aromatic carbocycles. The van der Waals surface area contributed by atoms with Gasteiger partial charge in [-0.25, -0.2) is 0 Å². The van der Waals surface area contributed by atoms with Crippen LogP contribution in [0.3, 0.4) is 0 Å². The number of carbonyl (C=O) groups excluding carboxylic acids is 1. The van der Waals surface area contributed by atoms with Crippen molar-refractivity contribution in [3.63, 3.8) is 0 Å². The summed E-state index contributed by atoms with van der Waals surface area (Å²) in [7, 11) is 3.70. The van der Waals surface area contributed by atoms with Gasteiger partial charge in [0.25, 0.3) is 0 Å². The van der Waals surface area contributed by atoms with Crippen LogP contribution in [-0.4, -0.2) is 38.0 Å². The van der Waals surface area contributed by atoms with E-state index in [0.717, 1.165) is 18.8 Å². The molecule has 1 heterocycles. The van der Waals surface area contributed by atoms with Crippen molar-refractivity contribution in [2.24, 2.45) is 0 Å². The fourth-order valence-corrected chi connectivity index (χ4v) is 1.28. The van der Waals surface area contributed by atoms with E-state index < -0.39 is 0 Å². The molecule has 0 aliphatic carbocycles. The summed E-state index contributed by atoms with van der Waals surface area (Å²) >= 11 is 0. The van der Waals surface area contributed by atoms with E-state index in [1.807, 2.05) is 26.2 Å². The molecule has 1 N–H and O–H groups in total. The predicted octanol–water partition coefficient (Wildman–Crippen LogP) is 0.890. The van der Waals surface area contributed by atoms with Gasteiger partial charge < -0.3 is 14.6 Å². The minimum Gasteiger partial charge on any atom is -0.469 e. The topological polar surface area (TPSA) is 45.5 Å². The summed E-state index contributed by atoms with van der Waals surface area (Å²) in [6.07, 6.45) is 2.81. The molecule has 84 valence electrons.